The molecular formula is C38H36N6O7. The average molecular weight is 689 g/mol. The molecule has 0 fully saturated rings. The second kappa shape index (κ2) is 14.6. The molecule has 1 amide bonds. The standard InChI is InChI=1S/C38H36N6O7/c1-4-23(20-45)25-7-5-6-15-40-16-14-22-8-10-26(38(48)49)28(19-22)37-41-31-29(12-9-24(21-46)33(31)50-2)44(37)18-17-43-30-13-11-27(35(39)47)34(51-3)32(30)42-36(25)43/h4-5,7-13,19-21,40H,1,6,14-18H2,2-3H3,(H2,39,47)(H,48,49)/b7-5-,25-23-. The van der Waals surface area contributed by atoms with Crippen molar-refractivity contribution in [2.75, 3.05) is 27.3 Å². The van der Waals surface area contributed by atoms with Crippen LogP contribution in [0.4, 0.5) is 0 Å². The van der Waals surface area contributed by atoms with Crippen LogP contribution in [0.15, 0.2) is 72.8 Å². The van der Waals surface area contributed by atoms with Crippen LogP contribution in [0.1, 0.15) is 48.9 Å². The number of carbonyl (C=O) groups excluding carboxylic acids is 3. The minimum Gasteiger partial charge on any atom is -0.494 e. The molecule has 51 heavy (non-hydrogen) atoms. The quantitative estimate of drug-likeness (QED) is 0.161. The van der Waals surface area contributed by atoms with Gasteiger partial charge in [0, 0.05) is 29.8 Å². The van der Waals surface area contributed by atoms with E-state index in [9.17, 15) is 24.3 Å². The first kappa shape index (κ1) is 34.5. The van der Waals surface area contributed by atoms with E-state index in [1.165, 1.54) is 20.3 Å². The third-order valence-electron chi connectivity index (χ3n) is 8.94. The van der Waals surface area contributed by atoms with Crippen molar-refractivity contribution in [1.82, 2.24) is 24.4 Å². The Labute approximate surface area is 292 Å². The first-order chi connectivity index (χ1) is 24.8. The van der Waals surface area contributed by atoms with Crippen LogP contribution < -0.4 is 20.5 Å². The van der Waals surface area contributed by atoms with Crippen LogP contribution in [0.3, 0.4) is 0 Å². The molecule has 3 aromatic carbocycles. The van der Waals surface area contributed by atoms with Crippen molar-refractivity contribution in [3.8, 4) is 22.9 Å². The molecular weight excluding hydrogens is 652 g/mol. The normalized spacial score (nSPS) is 15.3. The smallest absolute Gasteiger partial charge is 0.336 e. The molecule has 5 aromatic rings. The Morgan fingerprint density at radius 1 is 0.922 bits per heavy atom. The zero-order valence-corrected chi connectivity index (χ0v) is 28.1. The van der Waals surface area contributed by atoms with Crippen LogP contribution in [0.25, 0.3) is 39.0 Å². The van der Waals surface area contributed by atoms with Crippen molar-refractivity contribution in [2.45, 2.75) is 25.9 Å². The summed E-state index contributed by atoms with van der Waals surface area (Å²) >= 11 is 0. The monoisotopic (exact) mass is 688 g/mol. The summed E-state index contributed by atoms with van der Waals surface area (Å²) in [5, 5.41) is 13.7. The topological polar surface area (TPSA) is 181 Å². The minimum absolute atomic E-state index is 0.0595. The summed E-state index contributed by atoms with van der Waals surface area (Å²) in [6.45, 7) is 5.57. The molecule has 0 atom stereocenters. The molecule has 13 heteroatoms. The fraction of sp³-hybridized carbons (Fsp3) is 0.211. The van der Waals surface area contributed by atoms with Gasteiger partial charge < -0.3 is 34.8 Å². The highest BCUT2D eigenvalue weighted by molar-refractivity contribution is 6.03. The summed E-state index contributed by atoms with van der Waals surface area (Å²) in [7, 11) is 2.87. The van der Waals surface area contributed by atoms with E-state index in [1.54, 1.807) is 36.4 Å². The number of amides is 1. The van der Waals surface area contributed by atoms with Crippen molar-refractivity contribution in [3.05, 3.63) is 101 Å². The second-order valence-corrected chi connectivity index (χ2v) is 11.8. The molecule has 6 rings (SSSR count). The molecule has 13 nitrogen and oxygen atoms in total. The van der Waals surface area contributed by atoms with Crippen molar-refractivity contribution in [1.29, 1.82) is 0 Å². The van der Waals surface area contributed by atoms with Gasteiger partial charge in [-0.3, -0.25) is 14.4 Å². The summed E-state index contributed by atoms with van der Waals surface area (Å²) < 4.78 is 15.1. The highest BCUT2D eigenvalue weighted by Gasteiger charge is 2.25. The Bertz CT molecular complexity index is 2290. The second-order valence-electron chi connectivity index (χ2n) is 11.8. The maximum absolute atomic E-state index is 12.6. The molecule has 0 saturated heterocycles. The predicted octanol–water partition coefficient (Wildman–Crippen LogP) is 4.61. The number of allylic oxidation sites excluding steroid dienone is 4. The van der Waals surface area contributed by atoms with E-state index >= 15 is 0 Å². The van der Waals surface area contributed by atoms with E-state index in [1.807, 2.05) is 27.4 Å². The number of ether oxygens (including phenoxy) is 2. The van der Waals surface area contributed by atoms with E-state index in [-0.39, 0.29) is 35.7 Å². The summed E-state index contributed by atoms with van der Waals surface area (Å²) in [5.41, 5.74) is 10.2. The van der Waals surface area contributed by atoms with Crippen LogP contribution in [0.5, 0.6) is 11.5 Å². The molecule has 0 radical (unpaired) electrons. The summed E-state index contributed by atoms with van der Waals surface area (Å²) in [5.74, 6) is -0.603. The van der Waals surface area contributed by atoms with E-state index in [2.05, 4.69) is 11.9 Å². The van der Waals surface area contributed by atoms with E-state index in [0.717, 1.165) is 5.56 Å². The number of carboxylic acids is 1. The summed E-state index contributed by atoms with van der Waals surface area (Å²) in [6.07, 6.45) is 7.89. The van der Waals surface area contributed by atoms with Gasteiger partial charge in [0.05, 0.1) is 41.9 Å². The largest absolute Gasteiger partial charge is 0.494 e. The van der Waals surface area contributed by atoms with Gasteiger partial charge in [0.25, 0.3) is 5.91 Å². The Kier molecular flexibility index (Phi) is 9.91. The Morgan fingerprint density at radius 3 is 2.24 bits per heavy atom. The van der Waals surface area contributed by atoms with Gasteiger partial charge in [-0.05, 0) is 67.9 Å². The lowest BCUT2D eigenvalue weighted by molar-refractivity contribution is -0.104. The molecule has 1 aliphatic rings. The van der Waals surface area contributed by atoms with Crippen molar-refractivity contribution in [3.63, 3.8) is 0 Å². The molecule has 1 aliphatic heterocycles. The average Bonchev–Trinajstić information content (AvgIpc) is 3.69. The first-order valence-corrected chi connectivity index (χ1v) is 16.2. The number of imidazole rings is 2. The number of rotatable bonds is 7. The Balaban J connectivity index is 1.68. The number of primary amides is 1. The van der Waals surface area contributed by atoms with Gasteiger partial charge in [-0.15, -0.1) is 0 Å². The molecule has 3 heterocycles. The van der Waals surface area contributed by atoms with Crippen LogP contribution in [0, 0.1) is 0 Å². The van der Waals surface area contributed by atoms with Crippen molar-refractivity contribution in [2.24, 2.45) is 5.73 Å². The molecule has 4 N–H and O–H groups in total. The third kappa shape index (κ3) is 6.30. The van der Waals surface area contributed by atoms with Crippen molar-refractivity contribution < 1.29 is 33.8 Å². The van der Waals surface area contributed by atoms with Gasteiger partial charge in [-0.1, -0.05) is 30.9 Å². The van der Waals surface area contributed by atoms with Gasteiger partial charge >= 0.3 is 5.97 Å². The minimum atomic E-state index is -1.12. The zero-order valence-electron chi connectivity index (χ0n) is 28.1. The highest BCUT2D eigenvalue weighted by Crippen LogP contribution is 2.37. The van der Waals surface area contributed by atoms with Gasteiger partial charge in [-0.25, -0.2) is 14.8 Å². The molecule has 0 saturated carbocycles. The number of hydrogen-bond acceptors (Lipinski definition) is 9. The number of fused-ring (bicyclic) bond motifs is 9. The number of aromatic nitrogens is 4. The van der Waals surface area contributed by atoms with Crippen LogP contribution in [0.2, 0.25) is 0 Å². The fourth-order valence-electron chi connectivity index (χ4n) is 6.51. The van der Waals surface area contributed by atoms with Gasteiger partial charge in [0.2, 0.25) is 0 Å². The number of carbonyl (C=O) groups is 4. The lowest BCUT2D eigenvalue weighted by atomic mass is 10.0. The van der Waals surface area contributed by atoms with Gasteiger partial charge in [-0.2, -0.15) is 0 Å². The lowest BCUT2D eigenvalue weighted by Crippen LogP contribution is -2.18. The van der Waals surface area contributed by atoms with E-state index < -0.39 is 11.9 Å². The van der Waals surface area contributed by atoms with Crippen LogP contribution in [-0.2, 0) is 24.3 Å². The predicted molar refractivity (Wildman–Crippen MR) is 192 cm³/mol. The molecule has 2 aromatic heterocycles. The van der Waals surface area contributed by atoms with Gasteiger partial charge in [0.1, 0.15) is 22.7 Å². The Morgan fingerprint density at radius 2 is 1.59 bits per heavy atom. The number of benzene rings is 3. The third-order valence-corrected chi connectivity index (χ3v) is 8.94. The van der Waals surface area contributed by atoms with Crippen LogP contribution in [-0.4, -0.2) is 76.0 Å². The number of aldehydes is 2. The maximum Gasteiger partial charge on any atom is 0.336 e. The number of carboxylic acid groups (broad SMARTS) is 1. The number of hydrogen-bond donors (Lipinski definition) is 3. The summed E-state index contributed by atoms with van der Waals surface area (Å²) in [4.78, 5) is 59.2. The SMILES string of the molecule is C=C/C(C=O)=C1\C=C/CCNCCc2ccc(C(=O)O)c(c2)-c2nc3c(OC)c(C=O)ccc3n2CCn2c1nc1c(OC)c(C(N)=O)ccc12. The number of aromatic carboxylic acids is 1. The van der Waals surface area contributed by atoms with Gasteiger partial charge in [0.15, 0.2) is 24.1 Å². The number of methoxy groups -OCH3 is 2. The molecule has 0 spiro atoms. The molecule has 0 aliphatic carbocycles. The maximum atomic E-state index is 12.6. The Hall–Kier alpha value is -6.34. The van der Waals surface area contributed by atoms with Crippen LogP contribution >= 0.6 is 0 Å². The molecule has 2 bridgehead atoms. The number of aryl methyl sites for hydroxylation is 2. The molecule has 260 valence electrons. The first-order valence-electron chi connectivity index (χ1n) is 16.2. The lowest BCUT2D eigenvalue weighted by Gasteiger charge is -2.16. The number of nitrogens with one attached hydrogen (secondary N) is 1. The fourth-order valence-corrected chi connectivity index (χ4v) is 6.51. The number of nitrogens with zero attached hydrogens (tertiary/aromatic N) is 4. The van der Waals surface area contributed by atoms with Crippen molar-refractivity contribution >= 4 is 52.1 Å². The van der Waals surface area contributed by atoms with E-state index in [0.29, 0.717) is 94.5 Å². The number of nitrogens with two attached hydrogens (primary N) is 1. The molecule has 0 unspecified atom stereocenters. The van der Waals surface area contributed by atoms with E-state index in [4.69, 9.17) is 25.2 Å². The zero-order chi connectivity index (χ0) is 36.2. The summed E-state index contributed by atoms with van der Waals surface area (Å²) in [6, 6.07) is 11.9. The highest BCUT2D eigenvalue weighted by atomic mass is 16.5.